The van der Waals surface area contributed by atoms with Crippen LogP contribution < -0.4 is 10.5 Å². The fraction of sp³-hybridized carbons (Fsp3) is 0.538. The zero-order valence-corrected chi connectivity index (χ0v) is 11.5. The van der Waals surface area contributed by atoms with E-state index in [9.17, 15) is 8.42 Å². The molecule has 0 heterocycles. The van der Waals surface area contributed by atoms with Gasteiger partial charge in [0.25, 0.3) is 0 Å². The van der Waals surface area contributed by atoms with Crippen LogP contribution in [0.5, 0.6) is 0 Å². The average Bonchev–Trinajstić information content (AvgIpc) is 2.78. The van der Waals surface area contributed by atoms with Crippen molar-refractivity contribution < 1.29 is 8.42 Å². The van der Waals surface area contributed by atoms with Crippen molar-refractivity contribution in [1.82, 2.24) is 4.72 Å². The molecule has 0 amide bonds. The zero-order chi connectivity index (χ0) is 13.2. The molecule has 0 aromatic heterocycles. The smallest absolute Gasteiger partial charge is 0.240 e. The Morgan fingerprint density at radius 1 is 1.28 bits per heavy atom. The second kappa shape index (κ2) is 5.28. The Balaban J connectivity index is 2.09. The van der Waals surface area contributed by atoms with Gasteiger partial charge in [-0.1, -0.05) is 12.8 Å². The molecule has 4 nitrogen and oxygen atoms in total. The summed E-state index contributed by atoms with van der Waals surface area (Å²) in [7, 11) is -3.42. The highest BCUT2D eigenvalue weighted by Crippen LogP contribution is 2.24. The number of anilines is 1. The Kier molecular flexibility index (Phi) is 3.92. The summed E-state index contributed by atoms with van der Waals surface area (Å²) in [5, 5.41) is 0. The zero-order valence-electron chi connectivity index (χ0n) is 10.6. The van der Waals surface area contributed by atoms with Gasteiger partial charge in [0.2, 0.25) is 10.0 Å². The molecule has 100 valence electrons. The molecule has 1 aromatic carbocycles. The van der Waals surface area contributed by atoms with Crippen LogP contribution in [-0.4, -0.2) is 15.0 Å². The lowest BCUT2D eigenvalue weighted by molar-refractivity contribution is 0.519. The number of nitrogens with one attached hydrogen (secondary N) is 1. The molecule has 1 fully saturated rings. The maximum Gasteiger partial charge on any atom is 0.240 e. The third-order valence-electron chi connectivity index (χ3n) is 3.42. The number of hydrogen-bond acceptors (Lipinski definition) is 3. The van der Waals surface area contributed by atoms with E-state index >= 15 is 0 Å². The van der Waals surface area contributed by atoms with Gasteiger partial charge in [0.15, 0.2) is 0 Å². The molecule has 0 atom stereocenters. The molecule has 1 aliphatic carbocycles. The van der Waals surface area contributed by atoms with Gasteiger partial charge in [0.1, 0.15) is 0 Å². The van der Waals surface area contributed by atoms with Crippen molar-refractivity contribution in [2.45, 2.75) is 37.5 Å². The minimum Gasteiger partial charge on any atom is -0.399 e. The van der Waals surface area contributed by atoms with Gasteiger partial charge < -0.3 is 5.73 Å². The number of sulfonamides is 1. The van der Waals surface area contributed by atoms with Gasteiger partial charge in [0, 0.05) is 12.2 Å². The highest BCUT2D eigenvalue weighted by atomic mass is 32.2. The SMILES string of the molecule is Cc1cc(N)cc(S(=O)(=O)NCC2CCCC2)c1. The largest absolute Gasteiger partial charge is 0.399 e. The Morgan fingerprint density at radius 2 is 1.94 bits per heavy atom. The van der Waals surface area contributed by atoms with Crippen LogP contribution >= 0.6 is 0 Å². The Hall–Kier alpha value is -1.07. The molecule has 5 heteroatoms. The fourth-order valence-electron chi connectivity index (χ4n) is 2.46. The van der Waals surface area contributed by atoms with Crippen molar-refractivity contribution in [3.8, 4) is 0 Å². The second-order valence-electron chi connectivity index (χ2n) is 5.08. The molecule has 18 heavy (non-hydrogen) atoms. The van der Waals surface area contributed by atoms with Crippen LogP contribution in [0.4, 0.5) is 5.69 Å². The molecular weight excluding hydrogens is 248 g/mol. The normalized spacial score (nSPS) is 17.2. The standard InChI is InChI=1S/C13H20N2O2S/c1-10-6-12(14)8-13(7-10)18(16,17)15-9-11-4-2-3-5-11/h6-8,11,15H,2-5,9,14H2,1H3. The topological polar surface area (TPSA) is 72.2 Å². The molecule has 3 N–H and O–H groups in total. The van der Waals surface area contributed by atoms with Crippen molar-refractivity contribution >= 4 is 15.7 Å². The second-order valence-corrected chi connectivity index (χ2v) is 6.85. The predicted octanol–water partition coefficient (Wildman–Crippen LogP) is 2.05. The van der Waals surface area contributed by atoms with Crippen molar-refractivity contribution in [3.05, 3.63) is 23.8 Å². The minimum absolute atomic E-state index is 0.262. The molecule has 0 aliphatic heterocycles. The number of aryl methyl sites for hydroxylation is 1. The van der Waals surface area contributed by atoms with Crippen molar-refractivity contribution in [3.63, 3.8) is 0 Å². The van der Waals surface area contributed by atoms with E-state index in [4.69, 9.17) is 5.73 Å². The Bertz CT molecular complexity index is 500. The lowest BCUT2D eigenvalue weighted by Crippen LogP contribution is -2.28. The lowest BCUT2D eigenvalue weighted by atomic mass is 10.1. The maximum absolute atomic E-state index is 12.1. The summed E-state index contributed by atoms with van der Waals surface area (Å²) in [5.41, 5.74) is 7.02. The Labute approximate surface area is 109 Å². The number of nitrogens with two attached hydrogens (primary N) is 1. The van der Waals surface area contributed by atoms with Gasteiger partial charge in [-0.2, -0.15) is 0 Å². The van der Waals surface area contributed by atoms with Crippen LogP contribution in [0.3, 0.4) is 0 Å². The van der Waals surface area contributed by atoms with Gasteiger partial charge in [-0.25, -0.2) is 13.1 Å². The first kappa shape index (κ1) is 13.4. The molecule has 0 bridgehead atoms. The number of rotatable bonds is 4. The first-order chi connectivity index (χ1) is 8.47. The molecule has 2 rings (SSSR count). The molecule has 0 saturated heterocycles. The Morgan fingerprint density at radius 3 is 2.56 bits per heavy atom. The third-order valence-corrected chi connectivity index (χ3v) is 4.82. The van der Waals surface area contributed by atoms with E-state index in [-0.39, 0.29) is 4.90 Å². The summed E-state index contributed by atoms with van der Waals surface area (Å²) >= 11 is 0. The van der Waals surface area contributed by atoms with Crippen LogP contribution in [0, 0.1) is 12.8 Å². The highest BCUT2D eigenvalue weighted by Gasteiger charge is 2.20. The van der Waals surface area contributed by atoms with E-state index in [0.717, 1.165) is 18.4 Å². The molecule has 0 spiro atoms. The summed E-state index contributed by atoms with van der Waals surface area (Å²) in [6.45, 7) is 2.38. The van der Waals surface area contributed by atoms with Gasteiger partial charge in [-0.15, -0.1) is 0 Å². The third kappa shape index (κ3) is 3.23. The van der Waals surface area contributed by atoms with Crippen molar-refractivity contribution in [2.75, 3.05) is 12.3 Å². The van der Waals surface area contributed by atoms with Crippen LogP contribution in [0.2, 0.25) is 0 Å². The van der Waals surface area contributed by atoms with E-state index in [1.54, 1.807) is 12.1 Å². The monoisotopic (exact) mass is 268 g/mol. The molecular formula is C13H20N2O2S. The maximum atomic E-state index is 12.1. The molecule has 1 aliphatic rings. The van der Waals surface area contributed by atoms with Crippen molar-refractivity contribution in [1.29, 1.82) is 0 Å². The number of hydrogen-bond donors (Lipinski definition) is 2. The van der Waals surface area contributed by atoms with E-state index in [1.165, 1.54) is 18.9 Å². The highest BCUT2D eigenvalue weighted by molar-refractivity contribution is 7.89. The summed E-state index contributed by atoms with van der Waals surface area (Å²) in [6.07, 6.45) is 4.67. The van der Waals surface area contributed by atoms with E-state index in [1.807, 2.05) is 6.92 Å². The van der Waals surface area contributed by atoms with Gasteiger partial charge >= 0.3 is 0 Å². The molecule has 0 unspecified atom stereocenters. The predicted molar refractivity (Wildman–Crippen MR) is 72.7 cm³/mol. The van der Waals surface area contributed by atoms with E-state index < -0.39 is 10.0 Å². The van der Waals surface area contributed by atoms with Gasteiger partial charge in [-0.05, 0) is 49.4 Å². The minimum atomic E-state index is -3.42. The molecule has 1 aromatic rings. The molecule has 1 saturated carbocycles. The van der Waals surface area contributed by atoms with E-state index in [0.29, 0.717) is 18.2 Å². The first-order valence-corrected chi connectivity index (χ1v) is 7.82. The first-order valence-electron chi connectivity index (χ1n) is 6.34. The van der Waals surface area contributed by atoms with Crippen LogP contribution in [0.15, 0.2) is 23.1 Å². The average molecular weight is 268 g/mol. The molecule has 0 radical (unpaired) electrons. The van der Waals surface area contributed by atoms with Crippen LogP contribution in [0.25, 0.3) is 0 Å². The van der Waals surface area contributed by atoms with Crippen LogP contribution in [0.1, 0.15) is 31.2 Å². The van der Waals surface area contributed by atoms with Gasteiger partial charge in [-0.3, -0.25) is 0 Å². The number of benzene rings is 1. The lowest BCUT2D eigenvalue weighted by Gasteiger charge is -2.12. The number of nitrogen functional groups attached to an aromatic ring is 1. The summed E-state index contributed by atoms with van der Waals surface area (Å²) in [4.78, 5) is 0.262. The van der Waals surface area contributed by atoms with Crippen molar-refractivity contribution in [2.24, 2.45) is 5.92 Å². The quantitative estimate of drug-likeness (QED) is 0.821. The summed E-state index contributed by atoms with van der Waals surface area (Å²) in [6, 6.07) is 4.91. The van der Waals surface area contributed by atoms with E-state index in [2.05, 4.69) is 4.72 Å². The summed E-state index contributed by atoms with van der Waals surface area (Å²) < 4.78 is 26.9. The van der Waals surface area contributed by atoms with Crippen LogP contribution in [-0.2, 0) is 10.0 Å². The fourth-order valence-corrected chi connectivity index (χ4v) is 3.71. The summed E-state index contributed by atoms with van der Waals surface area (Å²) in [5.74, 6) is 0.488. The van der Waals surface area contributed by atoms with Gasteiger partial charge in [0.05, 0.1) is 4.90 Å².